The van der Waals surface area contributed by atoms with Gasteiger partial charge in [-0.15, -0.1) is 0 Å². The minimum atomic E-state index is -4.25. The molecule has 0 amide bonds. The summed E-state index contributed by atoms with van der Waals surface area (Å²) in [6.07, 6.45) is 1.89. The summed E-state index contributed by atoms with van der Waals surface area (Å²) in [5.74, 6) is -0.806. The fourth-order valence-electron chi connectivity index (χ4n) is 6.40. The summed E-state index contributed by atoms with van der Waals surface area (Å²) in [6.45, 7) is 9.22. The number of ether oxygens (including phenoxy) is 1. The van der Waals surface area contributed by atoms with Crippen molar-refractivity contribution in [3.8, 4) is 5.75 Å². The van der Waals surface area contributed by atoms with Crippen LogP contribution < -0.4 is 4.18 Å². The fraction of sp³-hybridized carbons (Fsp3) is 0.438. The molecule has 0 atom stereocenters. The molecule has 2 aromatic rings. The first-order valence-electron chi connectivity index (χ1n) is 13.9. The van der Waals surface area contributed by atoms with Crippen LogP contribution in [-0.2, 0) is 24.4 Å². The highest BCUT2D eigenvalue weighted by Crippen LogP contribution is 2.55. The van der Waals surface area contributed by atoms with Crippen LogP contribution in [0.25, 0.3) is 0 Å². The van der Waals surface area contributed by atoms with Gasteiger partial charge >= 0.3 is 10.1 Å². The third-order valence-corrected chi connectivity index (χ3v) is 10.1. The van der Waals surface area contributed by atoms with Crippen LogP contribution in [0.3, 0.4) is 0 Å². The number of halogens is 2. The van der Waals surface area contributed by atoms with Crippen LogP contribution in [0.2, 0.25) is 5.02 Å². The van der Waals surface area contributed by atoms with Crippen molar-refractivity contribution in [3.05, 3.63) is 80.1 Å². The predicted molar refractivity (Wildman–Crippen MR) is 165 cm³/mol. The number of carbonyl (C=O) groups is 2. The molecular weight excluding hydrogens is 642 g/mol. The zero-order valence-corrected chi connectivity index (χ0v) is 27.6. The van der Waals surface area contributed by atoms with Crippen LogP contribution in [0.5, 0.6) is 5.75 Å². The molecule has 0 bridgehead atoms. The molecule has 10 heteroatoms. The molecular formula is C32H35BrClNO6S. The van der Waals surface area contributed by atoms with Crippen molar-refractivity contribution >= 4 is 49.2 Å². The van der Waals surface area contributed by atoms with Crippen molar-refractivity contribution in [2.75, 3.05) is 20.3 Å². The van der Waals surface area contributed by atoms with E-state index >= 15 is 0 Å². The Morgan fingerprint density at radius 1 is 0.905 bits per heavy atom. The fourth-order valence-corrected chi connectivity index (χ4v) is 7.86. The Balaban J connectivity index is 1.75. The average Bonchev–Trinajstić information content (AvgIpc) is 2.87. The minimum absolute atomic E-state index is 0.0515. The van der Waals surface area contributed by atoms with Crippen LogP contribution >= 0.6 is 27.5 Å². The maximum absolute atomic E-state index is 14.1. The summed E-state index contributed by atoms with van der Waals surface area (Å²) >= 11 is 9.52. The van der Waals surface area contributed by atoms with Crippen molar-refractivity contribution in [2.24, 2.45) is 10.8 Å². The van der Waals surface area contributed by atoms with E-state index in [-0.39, 0.29) is 33.0 Å². The minimum Gasteiger partial charge on any atom is -0.383 e. The van der Waals surface area contributed by atoms with Gasteiger partial charge < -0.3 is 13.8 Å². The van der Waals surface area contributed by atoms with Gasteiger partial charge in [0.25, 0.3) is 0 Å². The molecule has 0 unspecified atom stereocenters. The first kappa shape index (κ1) is 31.0. The molecule has 0 spiro atoms. The van der Waals surface area contributed by atoms with Gasteiger partial charge in [0.2, 0.25) is 0 Å². The number of allylic oxidation sites excluding steroid dienone is 4. The number of methoxy groups -OCH3 is 1. The second kappa shape index (κ2) is 11.2. The van der Waals surface area contributed by atoms with E-state index in [4.69, 9.17) is 20.5 Å². The smallest absolute Gasteiger partial charge is 0.339 e. The summed E-state index contributed by atoms with van der Waals surface area (Å²) in [5.41, 5.74) is 2.68. The Labute approximate surface area is 261 Å². The van der Waals surface area contributed by atoms with Gasteiger partial charge in [-0.3, -0.25) is 9.59 Å². The molecule has 0 radical (unpaired) electrons. The van der Waals surface area contributed by atoms with Gasteiger partial charge in [-0.05, 0) is 66.1 Å². The number of rotatable bonds is 7. The molecule has 1 aliphatic heterocycles. The Morgan fingerprint density at radius 3 is 1.98 bits per heavy atom. The van der Waals surface area contributed by atoms with Crippen molar-refractivity contribution in [2.45, 2.75) is 64.2 Å². The molecule has 2 aromatic carbocycles. The van der Waals surface area contributed by atoms with E-state index < -0.39 is 16.0 Å². The van der Waals surface area contributed by atoms with Crippen LogP contribution in [0.1, 0.15) is 64.9 Å². The standard InChI is InChI=1S/C32H35BrClNO6S/c1-31(2)15-23-29(25(36)17-31)28(30-24(35(23)12-13-40-5)16-32(3,4)18-26(30)37)22-14-19(33)6-11-27(22)41-42(38,39)21-9-7-20(34)8-10-21/h6-11,14,28H,12-13,15-18H2,1-5H3. The van der Waals surface area contributed by atoms with Gasteiger partial charge in [0.15, 0.2) is 11.6 Å². The zero-order chi connectivity index (χ0) is 30.6. The van der Waals surface area contributed by atoms with Gasteiger partial charge in [0.05, 0.1) is 6.61 Å². The highest BCUT2D eigenvalue weighted by Gasteiger charge is 2.49. The molecule has 224 valence electrons. The summed E-state index contributed by atoms with van der Waals surface area (Å²) in [5, 5.41) is 0.398. The van der Waals surface area contributed by atoms with Gasteiger partial charge in [0.1, 0.15) is 10.6 Å². The van der Waals surface area contributed by atoms with Crippen LogP contribution in [0, 0.1) is 10.8 Å². The lowest BCUT2D eigenvalue weighted by molar-refractivity contribution is -0.119. The third-order valence-electron chi connectivity index (χ3n) is 8.13. The van der Waals surface area contributed by atoms with Crippen molar-refractivity contribution < 1.29 is 26.9 Å². The van der Waals surface area contributed by atoms with Crippen LogP contribution in [0.4, 0.5) is 0 Å². The molecule has 42 heavy (non-hydrogen) atoms. The quantitative estimate of drug-likeness (QED) is 0.287. The molecule has 7 nitrogen and oxygen atoms in total. The van der Waals surface area contributed by atoms with Crippen LogP contribution in [-0.4, -0.2) is 45.1 Å². The molecule has 0 saturated heterocycles. The van der Waals surface area contributed by atoms with E-state index in [2.05, 4.69) is 48.5 Å². The van der Waals surface area contributed by atoms with Gasteiger partial charge in [0, 0.05) is 70.0 Å². The highest BCUT2D eigenvalue weighted by molar-refractivity contribution is 9.10. The van der Waals surface area contributed by atoms with Crippen LogP contribution in [0.15, 0.2) is 74.4 Å². The second-order valence-electron chi connectivity index (χ2n) is 12.9. The zero-order valence-electron chi connectivity index (χ0n) is 24.4. The normalized spacial score (nSPS) is 20.5. The Morgan fingerprint density at radius 2 is 1.45 bits per heavy atom. The first-order valence-corrected chi connectivity index (χ1v) is 16.5. The number of Topliss-reactive ketones (excluding diaryl/α,β-unsaturated/α-hetero) is 2. The molecule has 0 fully saturated rings. The van der Waals surface area contributed by atoms with Crippen molar-refractivity contribution in [3.63, 3.8) is 0 Å². The SMILES string of the molecule is COCCN1C2=C(C(=O)CC(C)(C)C2)C(c2cc(Br)ccc2OS(=O)(=O)c2ccc(Cl)cc2)C2=C1CC(C)(C)CC2=O. The maximum Gasteiger partial charge on any atom is 0.339 e. The Hall–Kier alpha value is -2.46. The van der Waals surface area contributed by atoms with Gasteiger partial charge in [-0.1, -0.05) is 55.2 Å². The van der Waals surface area contributed by atoms with E-state index in [0.717, 1.165) is 11.4 Å². The molecule has 2 aliphatic carbocycles. The summed E-state index contributed by atoms with van der Waals surface area (Å²) < 4.78 is 38.7. The third kappa shape index (κ3) is 5.98. The Bertz CT molecular complexity index is 1570. The summed E-state index contributed by atoms with van der Waals surface area (Å²) in [4.78, 5) is 30.2. The monoisotopic (exact) mass is 675 g/mol. The molecule has 0 aromatic heterocycles. The van der Waals surface area contributed by atoms with Crippen molar-refractivity contribution in [1.29, 1.82) is 0 Å². The highest BCUT2D eigenvalue weighted by atomic mass is 79.9. The maximum atomic E-state index is 14.1. The Kier molecular flexibility index (Phi) is 8.28. The van der Waals surface area contributed by atoms with E-state index in [1.54, 1.807) is 25.3 Å². The lowest BCUT2D eigenvalue weighted by Gasteiger charge is -2.49. The van der Waals surface area contributed by atoms with Crippen molar-refractivity contribution in [1.82, 2.24) is 4.90 Å². The first-order chi connectivity index (χ1) is 19.6. The molecule has 1 heterocycles. The number of hydrogen-bond acceptors (Lipinski definition) is 7. The average molecular weight is 677 g/mol. The topological polar surface area (TPSA) is 90.0 Å². The number of nitrogens with zero attached hydrogens (tertiary/aromatic N) is 1. The van der Waals surface area contributed by atoms with E-state index in [9.17, 15) is 18.0 Å². The number of carbonyl (C=O) groups excluding carboxylic acids is 2. The lowest BCUT2D eigenvalue weighted by Crippen LogP contribution is -2.45. The molecule has 3 aliphatic rings. The number of ketones is 2. The largest absolute Gasteiger partial charge is 0.383 e. The predicted octanol–water partition coefficient (Wildman–Crippen LogP) is 7.20. The van der Waals surface area contributed by atoms with Gasteiger partial charge in [-0.2, -0.15) is 8.42 Å². The van der Waals surface area contributed by atoms with E-state index in [0.29, 0.717) is 65.0 Å². The number of benzene rings is 2. The molecule has 0 saturated carbocycles. The number of hydrogen-bond donors (Lipinski definition) is 0. The molecule has 0 N–H and O–H groups in total. The molecule has 5 rings (SSSR count). The summed E-state index contributed by atoms with van der Waals surface area (Å²) in [7, 11) is -2.62. The van der Waals surface area contributed by atoms with E-state index in [1.807, 2.05) is 0 Å². The summed E-state index contributed by atoms with van der Waals surface area (Å²) in [6, 6.07) is 10.7. The lowest BCUT2D eigenvalue weighted by atomic mass is 9.63. The van der Waals surface area contributed by atoms with E-state index in [1.165, 1.54) is 24.3 Å². The second-order valence-corrected chi connectivity index (χ2v) is 15.8. The van der Waals surface area contributed by atoms with Gasteiger partial charge in [-0.25, -0.2) is 0 Å².